The first-order chi connectivity index (χ1) is 16.4. The molecule has 0 unspecified atom stereocenters. The smallest absolute Gasteiger partial charge is 0.257 e. The Morgan fingerprint density at radius 1 is 1.03 bits per heavy atom. The number of nitrogens with one attached hydrogen (secondary N) is 1. The molecule has 2 aromatic carbocycles. The molecule has 178 valence electrons. The molecule has 1 fully saturated rings. The van der Waals surface area contributed by atoms with Gasteiger partial charge in [-0.15, -0.1) is 11.3 Å². The van der Waals surface area contributed by atoms with E-state index in [1.165, 1.54) is 21.7 Å². The van der Waals surface area contributed by atoms with Crippen molar-refractivity contribution in [1.29, 1.82) is 0 Å². The lowest BCUT2D eigenvalue weighted by Gasteiger charge is -2.26. The van der Waals surface area contributed by atoms with Crippen LogP contribution in [0, 0.1) is 6.92 Å². The Labute approximate surface area is 202 Å². The minimum atomic E-state index is -3.64. The van der Waals surface area contributed by atoms with Crippen LogP contribution in [0.1, 0.15) is 35.2 Å². The van der Waals surface area contributed by atoms with Crippen LogP contribution in [0.5, 0.6) is 11.5 Å². The van der Waals surface area contributed by atoms with Gasteiger partial charge in [0.1, 0.15) is 13.2 Å². The molecule has 3 heterocycles. The lowest BCUT2D eigenvalue weighted by atomic mass is 10.1. The summed E-state index contributed by atoms with van der Waals surface area (Å²) in [5.41, 5.74) is 2.45. The normalized spacial score (nSPS) is 16.3. The highest BCUT2D eigenvalue weighted by Gasteiger charge is 2.28. The van der Waals surface area contributed by atoms with Crippen molar-refractivity contribution in [3.05, 3.63) is 52.9 Å². The highest BCUT2D eigenvalue weighted by Crippen LogP contribution is 2.35. The summed E-state index contributed by atoms with van der Waals surface area (Å²) < 4.78 is 39.0. The highest BCUT2D eigenvalue weighted by molar-refractivity contribution is 7.89. The monoisotopic (exact) mass is 499 g/mol. The van der Waals surface area contributed by atoms with E-state index in [2.05, 4.69) is 10.3 Å². The molecule has 1 amide bonds. The van der Waals surface area contributed by atoms with Crippen LogP contribution in [0.3, 0.4) is 0 Å². The molecule has 1 aromatic heterocycles. The Morgan fingerprint density at radius 3 is 2.59 bits per heavy atom. The molecule has 10 heteroatoms. The number of carbonyl (C=O) groups excluding carboxylic acids is 1. The number of anilines is 1. The van der Waals surface area contributed by atoms with Crippen LogP contribution < -0.4 is 14.8 Å². The van der Waals surface area contributed by atoms with Gasteiger partial charge in [-0.2, -0.15) is 4.31 Å². The number of aryl methyl sites for hydroxylation is 1. The number of fused-ring (bicyclic) bond motifs is 1. The number of thiazole rings is 1. The van der Waals surface area contributed by atoms with E-state index < -0.39 is 15.9 Å². The van der Waals surface area contributed by atoms with Crippen LogP contribution in [0.15, 0.2) is 46.7 Å². The first-order valence-electron chi connectivity index (χ1n) is 11.2. The predicted molar refractivity (Wildman–Crippen MR) is 130 cm³/mol. The first kappa shape index (κ1) is 22.8. The maximum absolute atomic E-state index is 13.2. The molecule has 1 saturated heterocycles. The van der Waals surface area contributed by atoms with Gasteiger partial charge in [0.15, 0.2) is 16.6 Å². The average Bonchev–Trinajstić information content (AvgIpc) is 3.33. The van der Waals surface area contributed by atoms with Crippen molar-refractivity contribution in [2.75, 3.05) is 31.6 Å². The molecule has 0 radical (unpaired) electrons. The quantitative estimate of drug-likeness (QED) is 0.562. The predicted octanol–water partition coefficient (Wildman–Crippen LogP) is 4.32. The van der Waals surface area contributed by atoms with Gasteiger partial charge in [-0.1, -0.05) is 12.5 Å². The Balaban J connectivity index is 1.34. The van der Waals surface area contributed by atoms with Crippen molar-refractivity contribution in [2.24, 2.45) is 0 Å². The molecular weight excluding hydrogens is 474 g/mol. The molecule has 2 aliphatic rings. The molecule has 0 saturated carbocycles. The van der Waals surface area contributed by atoms with Crippen molar-refractivity contribution in [2.45, 2.75) is 31.1 Å². The van der Waals surface area contributed by atoms with Crippen LogP contribution in [-0.4, -0.2) is 49.9 Å². The van der Waals surface area contributed by atoms with Gasteiger partial charge in [0.25, 0.3) is 5.91 Å². The molecule has 0 aliphatic carbocycles. The second-order valence-electron chi connectivity index (χ2n) is 8.30. The summed E-state index contributed by atoms with van der Waals surface area (Å²) in [7, 11) is -3.64. The number of hydrogen-bond acceptors (Lipinski definition) is 7. The number of carbonyl (C=O) groups is 1. The minimum Gasteiger partial charge on any atom is -0.486 e. The number of nitrogens with zero attached hydrogens (tertiary/aromatic N) is 2. The Morgan fingerprint density at radius 2 is 1.79 bits per heavy atom. The van der Waals surface area contributed by atoms with Crippen molar-refractivity contribution in [3.8, 4) is 22.8 Å². The second-order valence-corrected chi connectivity index (χ2v) is 11.1. The third-order valence-electron chi connectivity index (χ3n) is 5.95. The minimum absolute atomic E-state index is 0.179. The lowest BCUT2D eigenvalue weighted by Crippen LogP contribution is -2.36. The van der Waals surface area contributed by atoms with Gasteiger partial charge in [-0.25, -0.2) is 13.4 Å². The standard InChI is InChI=1S/C24H25N3O5S2/c1-16-5-6-18(14-22(16)34(29,30)27-9-3-2-4-10-27)23(28)26-24-25-19(15-33-24)17-7-8-20-21(13-17)32-12-11-31-20/h5-8,13-15H,2-4,9-12H2,1H3,(H,25,26,28). The van der Waals surface area contributed by atoms with Crippen LogP contribution in [0.4, 0.5) is 5.13 Å². The molecule has 1 N–H and O–H groups in total. The maximum Gasteiger partial charge on any atom is 0.257 e. The van der Waals surface area contributed by atoms with E-state index >= 15 is 0 Å². The number of aromatic nitrogens is 1. The largest absolute Gasteiger partial charge is 0.486 e. The van der Waals surface area contributed by atoms with Crippen molar-refractivity contribution >= 4 is 32.4 Å². The fourth-order valence-electron chi connectivity index (χ4n) is 4.10. The van der Waals surface area contributed by atoms with Crippen LogP contribution in [0.25, 0.3) is 11.3 Å². The molecule has 8 nitrogen and oxygen atoms in total. The van der Waals surface area contributed by atoms with E-state index in [9.17, 15) is 13.2 Å². The van der Waals surface area contributed by atoms with E-state index in [-0.39, 0.29) is 10.5 Å². The summed E-state index contributed by atoms with van der Waals surface area (Å²) >= 11 is 1.30. The zero-order valence-electron chi connectivity index (χ0n) is 18.7. The molecule has 0 spiro atoms. The Bertz CT molecular complexity index is 1330. The fourth-order valence-corrected chi connectivity index (χ4v) is 6.58. The third-order valence-corrected chi connectivity index (χ3v) is 8.74. The summed E-state index contributed by atoms with van der Waals surface area (Å²) in [6, 6.07) is 10.4. The zero-order chi connectivity index (χ0) is 23.7. The van der Waals surface area contributed by atoms with Gasteiger partial charge >= 0.3 is 0 Å². The van der Waals surface area contributed by atoms with Gasteiger partial charge < -0.3 is 9.47 Å². The topological polar surface area (TPSA) is 97.8 Å². The molecule has 5 rings (SSSR count). The van der Waals surface area contributed by atoms with Crippen LogP contribution in [-0.2, 0) is 10.0 Å². The number of ether oxygens (including phenoxy) is 2. The summed E-state index contributed by atoms with van der Waals surface area (Å²) in [6.45, 7) is 3.80. The van der Waals surface area contributed by atoms with E-state index in [0.29, 0.717) is 54.2 Å². The number of sulfonamides is 1. The third kappa shape index (κ3) is 4.53. The fraction of sp³-hybridized carbons (Fsp3) is 0.333. The van der Waals surface area contributed by atoms with Crippen molar-refractivity contribution in [1.82, 2.24) is 9.29 Å². The van der Waals surface area contributed by atoms with E-state index in [1.807, 2.05) is 23.6 Å². The van der Waals surface area contributed by atoms with Gasteiger partial charge in [-0.3, -0.25) is 10.1 Å². The highest BCUT2D eigenvalue weighted by atomic mass is 32.2. The Hall–Kier alpha value is -2.95. The summed E-state index contributed by atoms with van der Waals surface area (Å²) in [6.07, 6.45) is 2.75. The number of benzene rings is 2. The molecule has 2 aliphatic heterocycles. The summed E-state index contributed by atoms with van der Waals surface area (Å²) in [4.78, 5) is 17.6. The summed E-state index contributed by atoms with van der Waals surface area (Å²) in [5.74, 6) is 0.969. The SMILES string of the molecule is Cc1ccc(C(=O)Nc2nc(-c3ccc4c(c3)OCCO4)cs2)cc1S(=O)(=O)N1CCCCC1. The average molecular weight is 500 g/mol. The molecule has 0 bridgehead atoms. The molecule has 3 aromatic rings. The van der Waals surface area contributed by atoms with Gasteiger partial charge in [0.2, 0.25) is 10.0 Å². The van der Waals surface area contributed by atoms with Crippen molar-refractivity contribution in [3.63, 3.8) is 0 Å². The first-order valence-corrected chi connectivity index (χ1v) is 13.5. The van der Waals surface area contributed by atoms with E-state index in [4.69, 9.17) is 9.47 Å². The zero-order valence-corrected chi connectivity index (χ0v) is 20.4. The molecule has 0 atom stereocenters. The molecular formula is C24H25N3O5S2. The van der Waals surface area contributed by atoms with Crippen molar-refractivity contribution < 1.29 is 22.7 Å². The van der Waals surface area contributed by atoms with Gasteiger partial charge in [-0.05, 0) is 55.7 Å². The molecule has 34 heavy (non-hydrogen) atoms. The number of amides is 1. The van der Waals surface area contributed by atoms with E-state index in [0.717, 1.165) is 24.8 Å². The van der Waals surface area contributed by atoms with Crippen LogP contribution in [0.2, 0.25) is 0 Å². The lowest BCUT2D eigenvalue weighted by molar-refractivity contribution is 0.102. The van der Waals surface area contributed by atoms with Gasteiger partial charge in [0.05, 0.1) is 10.6 Å². The van der Waals surface area contributed by atoms with Crippen LogP contribution >= 0.6 is 11.3 Å². The number of hydrogen-bond donors (Lipinski definition) is 1. The number of piperidine rings is 1. The Kier molecular flexibility index (Phi) is 6.28. The maximum atomic E-state index is 13.2. The number of rotatable bonds is 5. The van der Waals surface area contributed by atoms with Gasteiger partial charge in [0, 0.05) is 29.6 Å². The second kappa shape index (κ2) is 9.36. The summed E-state index contributed by atoms with van der Waals surface area (Å²) in [5, 5.41) is 5.07. The van der Waals surface area contributed by atoms with E-state index in [1.54, 1.807) is 19.1 Å².